The SMILES string of the molecule is CNCCC#Cc1ccc(NC)c([N+](=O)[O-])c1. The summed E-state index contributed by atoms with van der Waals surface area (Å²) in [5.74, 6) is 5.85. The Morgan fingerprint density at radius 2 is 2.18 bits per heavy atom. The molecule has 0 saturated carbocycles. The topological polar surface area (TPSA) is 67.2 Å². The van der Waals surface area contributed by atoms with Gasteiger partial charge in [0.15, 0.2) is 0 Å². The number of nitrogens with zero attached hydrogens (tertiary/aromatic N) is 1. The number of hydrogen-bond donors (Lipinski definition) is 2. The molecule has 1 aromatic carbocycles. The van der Waals surface area contributed by atoms with E-state index in [1.807, 2.05) is 7.05 Å². The summed E-state index contributed by atoms with van der Waals surface area (Å²) in [6, 6.07) is 4.92. The average Bonchev–Trinajstić information content (AvgIpc) is 2.34. The first-order valence-corrected chi connectivity index (χ1v) is 5.28. The van der Waals surface area contributed by atoms with Crippen molar-refractivity contribution >= 4 is 11.4 Å². The molecule has 2 N–H and O–H groups in total. The molecule has 0 aromatic heterocycles. The Morgan fingerprint density at radius 3 is 2.76 bits per heavy atom. The van der Waals surface area contributed by atoms with Crippen LogP contribution in [0.1, 0.15) is 12.0 Å². The van der Waals surface area contributed by atoms with Crippen molar-refractivity contribution in [1.82, 2.24) is 5.32 Å². The summed E-state index contributed by atoms with van der Waals surface area (Å²) in [5, 5.41) is 16.6. The van der Waals surface area contributed by atoms with Gasteiger partial charge in [0.25, 0.3) is 5.69 Å². The Morgan fingerprint density at radius 1 is 1.41 bits per heavy atom. The highest BCUT2D eigenvalue weighted by molar-refractivity contribution is 5.64. The minimum atomic E-state index is -0.412. The molecule has 0 aliphatic carbocycles. The molecule has 0 aliphatic rings. The lowest BCUT2D eigenvalue weighted by Crippen LogP contribution is -2.05. The van der Waals surface area contributed by atoms with Gasteiger partial charge in [0.1, 0.15) is 5.69 Å². The number of anilines is 1. The summed E-state index contributed by atoms with van der Waals surface area (Å²) in [5.41, 5.74) is 1.20. The molecule has 0 unspecified atom stereocenters. The van der Waals surface area contributed by atoms with E-state index in [0.717, 1.165) is 13.0 Å². The van der Waals surface area contributed by atoms with Crippen LogP contribution in [0.2, 0.25) is 0 Å². The largest absolute Gasteiger partial charge is 0.383 e. The van der Waals surface area contributed by atoms with Crippen molar-refractivity contribution in [2.75, 3.05) is 26.0 Å². The van der Waals surface area contributed by atoms with Gasteiger partial charge in [0.2, 0.25) is 0 Å². The molecule has 0 saturated heterocycles. The van der Waals surface area contributed by atoms with Crippen LogP contribution < -0.4 is 10.6 Å². The number of rotatable bonds is 4. The Balaban J connectivity index is 2.91. The Kier molecular flexibility index (Phi) is 4.98. The van der Waals surface area contributed by atoms with E-state index in [0.29, 0.717) is 11.3 Å². The van der Waals surface area contributed by atoms with Gasteiger partial charge in [-0.15, -0.1) is 0 Å². The van der Waals surface area contributed by atoms with Crippen LogP contribution in [0.4, 0.5) is 11.4 Å². The fourth-order valence-electron chi connectivity index (χ4n) is 1.32. The van der Waals surface area contributed by atoms with Crippen LogP contribution in [0.3, 0.4) is 0 Å². The van der Waals surface area contributed by atoms with Crippen LogP contribution in [0, 0.1) is 22.0 Å². The minimum absolute atomic E-state index is 0.0490. The van der Waals surface area contributed by atoms with Crippen LogP contribution >= 0.6 is 0 Å². The summed E-state index contributed by atoms with van der Waals surface area (Å²) in [6.45, 7) is 0.809. The number of nitro groups is 1. The Bertz CT molecular complexity index is 461. The molecule has 0 atom stereocenters. The molecule has 5 heteroatoms. The smallest absolute Gasteiger partial charge is 0.293 e. The fourth-order valence-corrected chi connectivity index (χ4v) is 1.32. The third-order valence-corrected chi connectivity index (χ3v) is 2.20. The summed E-state index contributed by atoms with van der Waals surface area (Å²) in [6.07, 6.45) is 0.720. The number of nitro benzene ring substituents is 1. The highest BCUT2D eigenvalue weighted by atomic mass is 16.6. The van der Waals surface area contributed by atoms with Gasteiger partial charge in [-0.3, -0.25) is 10.1 Å². The molecule has 0 heterocycles. The van der Waals surface area contributed by atoms with E-state index in [1.165, 1.54) is 6.07 Å². The van der Waals surface area contributed by atoms with Crippen molar-refractivity contribution in [2.45, 2.75) is 6.42 Å². The van der Waals surface area contributed by atoms with Crippen LogP contribution in [-0.2, 0) is 0 Å². The Labute approximate surface area is 100 Å². The summed E-state index contributed by atoms with van der Waals surface area (Å²) in [4.78, 5) is 10.4. The van der Waals surface area contributed by atoms with Gasteiger partial charge in [0, 0.05) is 31.6 Å². The van der Waals surface area contributed by atoms with Crippen molar-refractivity contribution in [3.8, 4) is 11.8 Å². The zero-order valence-corrected chi connectivity index (χ0v) is 9.91. The first-order valence-electron chi connectivity index (χ1n) is 5.28. The molecule has 0 bridgehead atoms. The zero-order valence-electron chi connectivity index (χ0n) is 9.91. The van der Waals surface area contributed by atoms with Crippen LogP contribution in [0.5, 0.6) is 0 Å². The summed E-state index contributed by atoms with van der Waals surface area (Å²) in [7, 11) is 3.51. The van der Waals surface area contributed by atoms with E-state index >= 15 is 0 Å². The molecule has 0 fully saturated rings. The van der Waals surface area contributed by atoms with Gasteiger partial charge in [-0.1, -0.05) is 11.8 Å². The summed E-state index contributed by atoms with van der Waals surface area (Å²) >= 11 is 0. The maximum absolute atomic E-state index is 10.8. The second-order valence-corrected chi connectivity index (χ2v) is 3.39. The van der Waals surface area contributed by atoms with E-state index < -0.39 is 4.92 Å². The number of nitrogens with one attached hydrogen (secondary N) is 2. The van der Waals surface area contributed by atoms with Crippen molar-refractivity contribution in [2.24, 2.45) is 0 Å². The molecule has 0 amide bonds. The monoisotopic (exact) mass is 233 g/mol. The normalized spacial score (nSPS) is 9.29. The average molecular weight is 233 g/mol. The van der Waals surface area contributed by atoms with Crippen molar-refractivity contribution < 1.29 is 4.92 Å². The third kappa shape index (κ3) is 3.78. The van der Waals surface area contributed by atoms with Gasteiger partial charge in [-0.2, -0.15) is 0 Å². The molecule has 0 aliphatic heterocycles. The highest BCUT2D eigenvalue weighted by Crippen LogP contribution is 2.24. The van der Waals surface area contributed by atoms with Crippen LogP contribution in [-0.4, -0.2) is 25.6 Å². The lowest BCUT2D eigenvalue weighted by Gasteiger charge is -2.01. The Hall–Kier alpha value is -2.06. The van der Waals surface area contributed by atoms with Gasteiger partial charge in [-0.25, -0.2) is 0 Å². The fraction of sp³-hybridized carbons (Fsp3) is 0.333. The lowest BCUT2D eigenvalue weighted by molar-refractivity contribution is -0.384. The quantitative estimate of drug-likeness (QED) is 0.359. The van der Waals surface area contributed by atoms with E-state index in [4.69, 9.17) is 0 Å². The maximum atomic E-state index is 10.8. The van der Waals surface area contributed by atoms with E-state index in [2.05, 4.69) is 22.5 Å². The zero-order chi connectivity index (χ0) is 12.7. The van der Waals surface area contributed by atoms with E-state index in [1.54, 1.807) is 19.2 Å². The highest BCUT2D eigenvalue weighted by Gasteiger charge is 2.12. The number of benzene rings is 1. The molecule has 1 aromatic rings. The predicted octanol–water partition coefficient (Wildman–Crippen LogP) is 1.60. The first-order chi connectivity index (χ1) is 8.19. The molecule has 0 radical (unpaired) electrons. The first kappa shape index (κ1) is 13.0. The van der Waals surface area contributed by atoms with E-state index in [-0.39, 0.29) is 5.69 Å². The van der Waals surface area contributed by atoms with Crippen molar-refractivity contribution in [3.63, 3.8) is 0 Å². The molecule has 1 rings (SSSR count). The van der Waals surface area contributed by atoms with Gasteiger partial charge < -0.3 is 10.6 Å². The molecule has 0 spiro atoms. The predicted molar refractivity (Wildman–Crippen MR) is 68.1 cm³/mol. The lowest BCUT2D eigenvalue weighted by atomic mass is 10.1. The van der Waals surface area contributed by atoms with Crippen molar-refractivity contribution in [1.29, 1.82) is 0 Å². The number of hydrogen-bond acceptors (Lipinski definition) is 4. The van der Waals surface area contributed by atoms with Crippen molar-refractivity contribution in [3.05, 3.63) is 33.9 Å². The van der Waals surface area contributed by atoms with Crippen LogP contribution in [0.15, 0.2) is 18.2 Å². The second-order valence-electron chi connectivity index (χ2n) is 3.39. The van der Waals surface area contributed by atoms with Gasteiger partial charge in [0.05, 0.1) is 4.92 Å². The minimum Gasteiger partial charge on any atom is -0.383 e. The molecule has 17 heavy (non-hydrogen) atoms. The van der Waals surface area contributed by atoms with Gasteiger partial charge in [-0.05, 0) is 19.2 Å². The molecule has 90 valence electrons. The molecular formula is C12H15N3O2. The standard InChI is InChI=1S/C12H15N3O2/c1-13-8-4-3-5-10-6-7-11(14-2)12(9-10)15(16)17/h6-7,9,13-14H,4,8H2,1-2H3. The third-order valence-electron chi connectivity index (χ3n) is 2.20. The molecular weight excluding hydrogens is 218 g/mol. The maximum Gasteiger partial charge on any atom is 0.293 e. The van der Waals surface area contributed by atoms with Crippen LogP contribution in [0.25, 0.3) is 0 Å². The second kappa shape index (κ2) is 6.51. The van der Waals surface area contributed by atoms with Gasteiger partial charge >= 0.3 is 0 Å². The van der Waals surface area contributed by atoms with E-state index in [9.17, 15) is 10.1 Å². The molecule has 5 nitrogen and oxygen atoms in total. The summed E-state index contributed by atoms with van der Waals surface area (Å²) < 4.78 is 0.